The molecule has 0 atom stereocenters. The Morgan fingerprint density at radius 2 is 2.19 bits per heavy atom. The third kappa shape index (κ3) is 4.10. The lowest BCUT2D eigenvalue weighted by atomic mass is 10.3. The molecule has 0 amide bonds. The maximum Gasteiger partial charge on any atom is 0.185 e. The van der Waals surface area contributed by atoms with E-state index in [-0.39, 0.29) is 0 Å². The molecule has 0 unspecified atom stereocenters. The van der Waals surface area contributed by atoms with E-state index in [9.17, 15) is 0 Å². The van der Waals surface area contributed by atoms with Crippen molar-refractivity contribution in [3.8, 4) is 0 Å². The van der Waals surface area contributed by atoms with Crippen molar-refractivity contribution in [3.63, 3.8) is 0 Å². The molecule has 1 N–H and O–H groups in total. The van der Waals surface area contributed by atoms with Gasteiger partial charge >= 0.3 is 0 Å². The van der Waals surface area contributed by atoms with Crippen molar-refractivity contribution < 1.29 is 0 Å². The van der Waals surface area contributed by atoms with Gasteiger partial charge in [0.25, 0.3) is 0 Å². The van der Waals surface area contributed by atoms with Crippen LogP contribution in [-0.2, 0) is 6.54 Å². The fourth-order valence-corrected chi connectivity index (χ4v) is 2.43. The first-order valence-corrected chi connectivity index (χ1v) is 7.09. The monoisotopic (exact) mass is 241 g/mol. The molecule has 0 saturated heterocycles. The normalized spacial score (nSPS) is 10.7. The highest BCUT2D eigenvalue weighted by Crippen LogP contribution is 2.20. The quantitative estimate of drug-likeness (QED) is 0.758. The minimum atomic E-state index is 0.887. The van der Waals surface area contributed by atoms with E-state index < -0.39 is 0 Å². The second-order valence-corrected chi connectivity index (χ2v) is 4.67. The van der Waals surface area contributed by atoms with Gasteiger partial charge in [-0.3, -0.25) is 0 Å². The number of aromatic nitrogens is 1. The van der Waals surface area contributed by atoms with Crippen LogP contribution in [0.5, 0.6) is 0 Å². The highest BCUT2D eigenvalue weighted by Gasteiger charge is 2.08. The maximum absolute atomic E-state index is 4.65. The van der Waals surface area contributed by atoms with Gasteiger partial charge in [-0.2, -0.15) is 0 Å². The fourth-order valence-electron chi connectivity index (χ4n) is 1.51. The number of nitrogens with one attached hydrogen (secondary N) is 1. The lowest BCUT2D eigenvalue weighted by Crippen LogP contribution is -2.23. The molecular formula is C12H23N3S. The molecule has 1 rings (SSSR count). The standard InChI is InChI=1S/C12H23N3S/c1-4-7-8-15(6-3)12-14-11(10-16-12)9-13-5-2/h10,13H,4-9H2,1-3H3. The lowest BCUT2D eigenvalue weighted by Gasteiger charge is -2.19. The molecule has 0 aliphatic carbocycles. The molecule has 16 heavy (non-hydrogen) atoms. The van der Waals surface area contributed by atoms with Crippen molar-refractivity contribution in [1.82, 2.24) is 10.3 Å². The first-order valence-electron chi connectivity index (χ1n) is 6.21. The van der Waals surface area contributed by atoms with Crippen molar-refractivity contribution in [1.29, 1.82) is 0 Å². The van der Waals surface area contributed by atoms with Crippen molar-refractivity contribution in [2.24, 2.45) is 0 Å². The molecule has 4 heteroatoms. The van der Waals surface area contributed by atoms with Gasteiger partial charge in [-0.05, 0) is 19.9 Å². The van der Waals surface area contributed by atoms with E-state index in [1.807, 2.05) is 0 Å². The van der Waals surface area contributed by atoms with Crippen molar-refractivity contribution in [3.05, 3.63) is 11.1 Å². The number of unbranched alkanes of at least 4 members (excludes halogenated alkanes) is 1. The smallest absolute Gasteiger partial charge is 0.185 e. The van der Waals surface area contributed by atoms with Gasteiger partial charge in [-0.25, -0.2) is 4.98 Å². The van der Waals surface area contributed by atoms with Crippen LogP contribution in [0.2, 0.25) is 0 Å². The summed E-state index contributed by atoms with van der Waals surface area (Å²) in [4.78, 5) is 7.02. The Hall–Kier alpha value is -0.610. The van der Waals surface area contributed by atoms with Gasteiger partial charge in [0.15, 0.2) is 5.13 Å². The van der Waals surface area contributed by atoms with Crippen LogP contribution in [0.25, 0.3) is 0 Å². The first-order chi connectivity index (χ1) is 7.81. The average molecular weight is 241 g/mol. The van der Waals surface area contributed by atoms with Crippen molar-refractivity contribution in [2.75, 3.05) is 24.5 Å². The van der Waals surface area contributed by atoms with Gasteiger partial charge in [0.2, 0.25) is 0 Å². The molecule has 1 heterocycles. The van der Waals surface area contributed by atoms with Crippen LogP contribution in [-0.4, -0.2) is 24.6 Å². The summed E-state index contributed by atoms with van der Waals surface area (Å²) in [6.07, 6.45) is 2.49. The van der Waals surface area contributed by atoms with Crippen LogP contribution in [0.1, 0.15) is 39.3 Å². The fraction of sp³-hybridized carbons (Fsp3) is 0.750. The van der Waals surface area contributed by atoms with E-state index >= 15 is 0 Å². The van der Waals surface area contributed by atoms with Crippen LogP contribution in [0, 0.1) is 0 Å². The summed E-state index contributed by atoms with van der Waals surface area (Å²) in [6.45, 7) is 10.6. The number of rotatable bonds is 8. The zero-order chi connectivity index (χ0) is 11.8. The Morgan fingerprint density at radius 3 is 2.81 bits per heavy atom. The number of thiazole rings is 1. The highest BCUT2D eigenvalue weighted by atomic mass is 32.1. The highest BCUT2D eigenvalue weighted by molar-refractivity contribution is 7.13. The Kier molecular flexibility index (Phi) is 6.42. The molecule has 0 saturated carbocycles. The van der Waals surface area contributed by atoms with E-state index in [1.54, 1.807) is 11.3 Å². The van der Waals surface area contributed by atoms with E-state index in [1.165, 1.54) is 18.0 Å². The molecule has 0 spiro atoms. The topological polar surface area (TPSA) is 28.2 Å². The average Bonchev–Trinajstić information content (AvgIpc) is 2.76. The Morgan fingerprint density at radius 1 is 1.38 bits per heavy atom. The van der Waals surface area contributed by atoms with Crippen molar-refractivity contribution in [2.45, 2.75) is 40.2 Å². The molecule has 92 valence electrons. The number of hydrogen-bond acceptors (Lipinski definition) is 4. The van der Waals surface area contributed by atoms with Gasteiger partial charge in [0.1, 0.15) is 0 Å². The number of anilines is 1. The maximum atomic E-state index is 4.65. The van der Waals surface area contributed by atoms with Crippen LogP contribution in [0.3, 0.4) is 0 Å². The molecule has 1 aromatic heterocycles. The summed E-state index contributed by atoms with van der Waals surface area (Å²) in [5.41, 5.74) is 1.16. The molecule has 0 radical (unpaired) electrons. The Labute approximate surface area is 103 Å². The summed E-state index contributed by atoms with van der Waals surface area (Å²) in [6, 6.07) is 0. The zero-order valence-electron chi connectivity index (χ0n) is 10.6. The second-order valence-electron chi connectivity index (χ2n) is 3.83. The molecule has 0 aliphatic rings. The van der Waals surface area contributed by atoms with E-state index in [0.29, 0.717) is 0 Å². The van der Waals surface area contributed by atoms with E-state index in [4.69, 9.17) is 0 Å². The molecule has 0 aliphatic heterocycles. The van der Waals surface area contributed by atoms with Crippen LogP contribution in [0.15, 0.2) is 5.38 Å². The third-order valence-corrected chi connectivity index (χ3v) is 3.48. The van der Waals surface area contributed by atoms with Gasteiger partial charge in [-0.1, -0.05) is 20.3 Å². The van der Waals surface area contributed by atoms with Crippen LogP contribution >= 0.6 is 11.3 Å². The predicted molar refractivity (Wildman–Crippen MR) is 72.3 cm³/mol. The van der Waals surface area contributed by atoms with E-state index in [2.05, 4.69) is 41.4 Å². The lowest BCUT2D eigenvalue weighted by molar-refractivity contribution is 0.705. The molecule has 0 bridgehead atoms. The predicted octanol–water partition coefficient (Wildman–Crippen LogP) is 2.88. The molecule has 1 aromatic rings. The van der Waals surface area contributed by atoms with Gasteiger partial charge < -0.3 is 10.2 Å². The molecule has 0 aromatic carbocycles. The minimum absolute atomic E-state index is 0.887. The Bertz CT molecular complexity index is 286. The molecule has 3 nitrogen and oxygen atoms in total. The summed E-state index contributed by atoms with van der Waals surface area (Å²) < 4.78 is 0. The van der Waals surface area contributed by atoms with Gasteiger partial charge in [0.05, 0.1) is 5.69 Å². The summed E-state index contributed by atoms with van der Waals surface area (Å²) in [7, 11) is 0. The first kappa shape index (κ1) is 13.5. The van der Waals surface area contributed by atoms with E-state index in [0.717, 1.165) is 31.9 Å². The Balaban J connectivity index is 2.52. The molecule has 0 fully saturated rings. The molecular weight excluding hydrogens is 218 g/mol. The van der Waals surface area contributed by atoms with Gasteiger partial charge in [0, 0.05) is 25.0 Å². The SMILES string of the molecule is CCCCN(CC)c1nc(CNCC)cs1. The summed E-state index contributed by atoms with van der Waals surface area (Å²) in [5, 5.41) is 6.63. The second kappa shape index (κ2) is 7.63. The van der Waals surface area contributed by atoms with Crippen LogP contribution in [0.4, 0.5) is 5.13 Å². The third-order valence-electron chi connectivity index (χ3n) is 2.53. The minimum Gasteiger partial charge on any atom is -0.348 e. The zero-order valence-corrected chi connectivity index (χ0v) is 11.4. The summed E-state index contributed by atoms with van der Waals surface area (Å²) in [5.74, 6) is 0. The van der Waals surface area contributed by atoms with Crippen LogP contribution < -0.4 is 10.2 Å². The van der Waals surface area contributed by atoms with Gasteiger partial charge in [-0.15, -0.1) is 11.3 Å². The largest absolute Gasteiger partial charge is 0.348 e. The number of hydrogen-bond donors (Lipinski definition) is 1. The van der Waals surface area contributed by atoms with Crippen molar-refractivity contribution >= 4 is 16.5 Å². The number of nitrogens with zero attached hydrogens (tertiary/aromatic N) is 2. The summed E-state index contributed by atoms with van der Waals surface area (Å²) >= 11 is 1.76.